The minimum Gasteiger partial charge on any atom is -0.359 e. The fourth-order valence-electron chi connectivity index (χ4n) is 1.99. The average Bonchev–Trinajstić information content (AvgIpc) is 2.83. The third-order valence-electron chi connectivity index (χ3n) is 3.35. The first-order valence-electron chi connectivity index (χ1n) is 6.36. The molecule has 1 saturated heterocycles. The van der Waals surface area contributed by atoms with Crippen LogP contribution in [0.5, 0.6) is 0 Å². The first kappa shape index (κ1) is 13.9. The van der Waals surface area contributed by atoms with Gasteiger partial charge in [-0.1, -0.05) is 18.7 Å². The van der Waals surface area contributed by atoms with Gasteiger partial charge in [-0.25, -0.2) is 4.98 Å². The Morgan fingerprint density at radius 1 is 1.50 bits per heavy atom. The Balaban J connectivity index is 2.12. The van der Waals surface area contributed by atoms with Gasteiger partial charge in [0.15, 0.2) is 5.17 Å². The Labute approximate surface area is 118 Å². The molecule has 0 aliphatic carbocycles. The van der Waals surface area contributed by atoms with E-state index in [9.17, 15) is 0 Å². The fourth-order valence-corrected chi connectivity index (χ4v) is 4.19. The van der Waals surface area contributed by atoms with E-state index >= 15 is 0 Å². The second-order valence-electron chi connectivity index (χ2n) is 5.12. The van der Waals surface area contributed by atoms with Crippen LogP contribution in [0.15, 0.2) is 4.99 Å². The van der Waals surface area contributed by atoms with Crippen molar-refractivity contribution in [1.82, 2.24) is 10.3 Å². The van der Waals surface area contributed by atoms with Gasteiger partial charge in [-0.15, -0.1) is 11.3 Å². The normalized spacial score (nSPS) is 27.5. The van der Waals surface area contributed by atoms with Gasteiger partial charge in [0, 0.05) is 11.3 Å². The second-order valence-corrected chi connectivity index (χ2v) is 7.32. The van der Waals surface area contributed by atoms with Crippen molar-refractivity contribution in [2.24, 2.45) is 4.99 Å². The van der Waals surface area contributed by atoms with Gasteiger partial charge in [-0.2, -0.15) is 0 Å². The number of hydrogen-bond acceptors (Lipinski definition) is 4. The maximum atomic E-state index is 4.80. The summed E-state index contributed by atoms with van der Waals surface area (Å²) in [6, 6.07) is 0.199. The van der Waals surface area contributed by atoms with Crippen molar-refractivity contribution in [1.29, 1.82) is 0 Å². The lowest BCUT2D eigenvalue weighted by atomic mass is 10.0. The number of rotatable bonds is 3. The van der Waals surface area contributed by atoms with E-state index in [4.69, 9.17) is 4.99 Å². The third kappa shape index (κ3) is 2.88. The topological polar surface area (TPSA) is 37.3 Å². The predicted molar refractivity (Wildman–Crippen MR) is 81.7 cm³/mol. The van der Waals surface area contributed by atoms with Crippen molar-refractivity contribution in [2.75, 3.05) is 5.75 Å². The van der Waals surface area contributed by atoms with Gasteiger partial charge in [0.1, 0.15) is 0 Å². The van der Waals surface area contributed by atoms with Crippen LogP contribution in [0.3, 0.4) is 0 Å². The molecule has 2 atom stereocenters. The highest BCUT2D eigenvalue weighted by Crippen LogP contribution is 2.31. The highest BCUT2D eigenvalue weighted by atomic mass is 32.2. The van der Waals surface area contributed by atoms with Crippen molar-refractivity contribution < 1.29 is 0 Å². The number of aryl methyl sites for hydroxylation is 2. The number of nitrogens with one attached hydrogen (secondary N) is 1. The van der Waals surface area contributed by atoms with E-state index in [1.807, 2.05) is 11.8 Å². The smallest absolute Gasteiger partial charge is 0.157 e. The number of aliphatic imine (C=N–C) groups is 1. The summed E-state index contributed by atoms with van der Waals surface area (Å²) >= 11 is 3.59. The molecule has 1 aliphatic heterocycles. The maximum absolute atomic E-state index is 4.80. The van der Waals surface area contributed by atoms with Gasteiger partial charge >= 0.3 is 0 Å². The quantitative estimate of drug-likeness (QED) is 0.919. The molecule has 18 heavy (non-hydrogen) atoms. The molecule has 2 unspecified atom stereocenters. The third-order valence-corrected chi connectivity index (χ3v) is 5.85. The van der Waals surface area contributed by atoms with Crippen molar-refractivity contribution in [2.45, 2.75) is 52.6 Å². The van der Waals surface area contributed by atoms with E-state index in [1.54, 1.807) is 11.3 Å². The largest absolute Gasteiger partial charge is 0.359 e. The first-order valence-corrected chi connectivity index (χ1v) is 8.16. The van der Waals surface area contributed by atoms with Crippen LogP contribution >= 0.6 is 23.1 Å². The summed E-state index contributed by atoms with van der Waals surface area (Å²) < 4.78 is 0. The highest BCUT2D eigenvalue weighted by Gasteiger charge is 2.31. The maximum Gasteiger partial charge on any atom is 0.157 e. The lowest BCUT2D eigenvalue weighted by molar-refractivity contribution is 0.466. The van der Waals surface area contributed by atoms with Crippen LogP contribution in [0.4, 0.5) is 0 Å². The number of aromatic nitrogens is 1. The molecule has 2 rings (SSSR count). The molecular weight excluding hydrogens is 262 g/mol. The van der Waals surface area contributed by atoms with Crippen LogP contribution < -0.4 is 5.32 Å². The molecule has 3 nitrogen and oxygen atoms in total. The average molecular weight is 283 g/mol. The zero-order valence-electron chi connectivity index (χ0n) is 11.7. The molecule has 0 bridgehead atoms. The lowest BCUT2D eigenvalue weighted by Gasteiger charge is -2.21. The Hall–Kier alpha value is -0.550. The lowest BCUT2D eigenvalue weighted by Crippen LogP contribution is -2.39. The molecule has 0 amide bonds. The van der Waals surface area contributed by atoms with Crippen LogP contribution in [0, 0.1) is 13.8 Å². The minimum atomic E-state index is 0.199. The molecule has 1 aromatic rings. The van der Waals surface area contributed by atoms with Gasteiger partial charge in [0.05, 0.1) is 21.6 Å². The van der Waals surface area contributed by atoms with Crippen molar-refractivity contribution in [3.8, 4) is 0 Å². The van der Waals surface area contributed by atoms with Crippen molar-refractivity contribution in [3.63, 3.8) is 0 Å². The molecular formula is C13H21N3S2. The van der Waals surface area contributed by atoms with Crippen LogP contribution in [0.1, 0.15) is 48.8 Å². The molecule has 1 aliphatic rings. The highest BCUT2D eigenvalue weighted by molar-refractivity contribution is 8.14. The number of nitrogens with zero attached hydrogens (tertiary/aromatic N) is 2. The molecule has 2 heterocycles. The summed E-state index contributed by atoms with van der Waals surface area (Å²) in [5, 5.41) is 5.75. The van der Waals surface area contributed by atoms with Gasteiger partial charge < -0.3 is 5.32 Å². The summed E-state index contributed by atoms with van der Waals surface area (Å²) in [7, 11) is 0. The Kier molecular flexibility index (Phi) is 4.02. The minimum absolute atomic E-state index is 0.199. The molecule has 1 N–H and O–H groups in total. The number of thiazole rings is 1. The summed E-state index contributed by atoms with van der Waals surface area (Å²) in [5.74, 6) is 1.11. The molecule has 0 spiro atoms. The second kappa shape index (κ2) is 5.21. The van der Waals surface area contributed by atoms with Crippen LogP contribution in [0.25, 0.3) is 0 Å². The van der Waals surface area contributed by atoms with E-state index in [0.29, 0.717) is 0 Å². The molecule has 0 aromatic carbocycles. The molecule has 1 aromatic heterocycles. The summed E-state index contributed by atoms with van der Waals surface area (Å²) in [6.45, 7) is 10.8. The summed E-state index contributed by atoms with van der Waals surface area (Å²) in [5.41, 5.74) is 1.33. The summed E-state index contributed by atoms with van der Waals surface area (Å²) in [6.07, 6.45) is 1.13. The zero-order chi connectivity index (χ0) is 13.3. The number of amidine groups is 1. The SMILES string of the molecule is CCC1(C)CSC(=NC(C)c2sc(C)nc2C)N1. The monoisotopic (exact) mass is 283 g/mol. The van der Waals surface area contributed by atoms with Crippen LogP contribution in [-0.2, 0) is 0 Å². The van der Waals surface area contributed by atoms with Gasteiger partial charge in [-0.05, 0) is 34.1 Å². The van der Waals surface area contributed by atoms with Crippen molar-refractivity contribution >= 4 is 28.3 Å². The standard InChI is InChI=1S/C13H21N3S2/c1-6-13(5)7-17-12(16-13)15-9(3)11-8(2)14-10(4)18-11/h9H,6-7H2,1-5H3,(H,15,16). The first-order chi connectivity index (χ1) is 8.43. The molecule has 1 fully saturated rings. The van der Waals surface area contributed by atoms with Gasteiger partial charge in [0.25, 0.3) is 0 Å². The molecule has 5 heteroatoms. The van der Waals surface area contributed by atoms with E-state index in [1.165, 1.54) is 4.88 Å². The van der Waals surface area contributed by atoms with E-state index in [2.05, 4.69) is 44.9 Å². The predicted octanol–water partition coefficient (Wildman–Crippen LogP) is 3.68. The van der Waals surface area contributed by atoms with Gasteiger partial charge in [0.2, 0.25) is 0 Å². The Morgan fingerprint density at radius 2 is 2.22 bits per heavy atom. The fraction of sp³-hybridized carbons (Fsp3) is 0.692. The molecule has 0 radical (unpaired) electrons. The van der Waals surface area contributed by atoms with E-state index < -0.39 is 0 Å². The Bertz CT molecular complexity index is 467. The van der Waals surface area contributed by atoms with Crippen LogP contribution in [0.2, 0.25) is 0 Å². The summed E-state index contributed by atoms with van der Waals surface area (Å²) in [4.78, 5) is 10.6. The molecule has 100 valence electrons. The van der Waals surface area contributed by atoms with Gasteiger partial charge in [-0.3, -0.25) is 4.99 Å². The van der Waals surface area contributed by atoms with E-state index in [-0.39, 0.29) is 11.6 Å². The number of thioether (sulfide) groups is 1. The van der Waals surface area contributed by atoms with Crippen LogP contribution in [-0.4, -0.2) is 21.4 Å². The zero-order valence-corrected chi connectivity index (χ0v) is 13.3. The van der Waals surface area contributed by atoms with Crippen molar-refractivity contribution in [3.05, 3.63) is 15.6 Å². The Morgan fingerprint density at radius 3 is 2.72 bits per heavy atom. The number of hydrogen-bond donors (Lipinski definition) is 1. The molecule has 0 saturated carbocycles. The van der Waals surface area contributed by atoms with E-state index in [0.717, 1.165) is 28.0 Å².